The van der Waals surface area contributed by atoms with Crippen molar-refractivity contribution in [3.05, 3.63) is 45.3 Å². The largest absolute Gasteiger partial charge is 0.472 e. The number of hydrogen-bond acceptors (Lipinski definition) is 8. The van der Waals surface area contributed by atoms with Gasteiger partial charge in [-0.2, -0.15) is 4.98 Å². The highest BCUT2D eigenvalue weighted by atomic mass is 16.5. The van der Waals surface area contributed by atoms with E-state index >= 15 is 0 Å². The summed E-state index contributed by atoms with van der Waals surface area (Å²) in [6, 6.07) is 1.72. The third kappa shape index (κ3) is 4.81. The van der Waals surface area contributed by atoms with Crippen molar-refractivity contribution in [3.8, 4) is 11.5 Å². The number of aromatic amines is 1. The van der Waals surface area contributed by atoms with Gasteiger partial charge in [0.25, 0.3) is 11.4 Å². The molecule has 30 heavy (non-hydrogen) atoms. The van der Waals surface area contributed by atoms with Gasteiger partial charge >= 0.3 is 5.69 Å². The first-order valence-electron chi connectivity index (χ1n) is 10.1. The predicted octanol–water partition coefficient (Wildman–Crippen LogP) is 2.61. The van der Waals surface area contributed by atoms with E-state index in [2.05, 4.69) is 29.0 Å². The Labute approximate surface area is 173 Å². The van der Waals surface area contributed by atoms with E-state index < -0.39 is 11.2 Å². The zero-order chi connectivity index (χ0) is 21.7. The Kier molecular flexibility index (Phi) is 6.76. The molecule has 3 aromatic heterocycles. The average Bonchev–Trinajstić information content (AvgIpc) is 3.37. The molecule has 0 unspecified atom stereocenters. The van der Waals surface area contributed by atoms with Crippen LogP contribution in [0.1, 0.15) is 45.9 Å². The fourth-order valence-electron chi connectivity index (χ4n) is 3.10. The van der Waals surface area contributed by atoms with Crippen molar-refractivity contribution in [3.63, 3.8) is 0 Å². The molecule has 3 heterocycles. The van der Waals surface area contributed by atoms with Crippen LogP contribution in [0, 0.1) is 5.92 Å². The molecule has 10 heteroatoms. The first-order valence-corrected chi connectivity index (χ1v) is 10.1. The standard InChI is InChI=1S/C20H28N6O4/c1-4-5-8-26-17(21)16(18(27)23-20(26)28)25(9-6-13(2)3)11-15-22-19(30-24-15)14-7-10-29-12-14/h7,10,12-13H,4-6,8-9,11,21H2,1-3H3,(H,23,27,28). The molecule has 162 valence electrons. The molecule has 0 fully saturated rings. The molecule has 0 aliphatic heterocycles. The number of hydrogen-bond donors (Lipinski definition) is 2. The fourth-order valence-corrected chi connectivity index (χ4v) is 3.10. The van der Waals surface area contributed by atoms with Crippen molar-refractivity contribution in [2.24, 2.45) is 5.92 Å². The number of unbranched alkanes of at least 4 members (excludes halogenated alkanes) is 1. The van der Waals surface area contributed by atoms with Crippen molar-refractivity contribution in [2.45, 2.75) is 53.1 Å². The SMILES string of the molecule is CCCCn1c(N)c(N(CCC(C)C)Cc2noc(-c3ccoc3)n2)c(=O)[nH]c1=O. The highest BCUT2D eigenvalue weighted by molar-refractivity contribution is 5.62. The molecule has 0 bridgehead atoms. The molecular formula is C20H28N6O4. The topological polar surface area (TPSA) is 136 Å². The molecule has 0 spiro atoms. The molecule has 3 aromatic rings. The number of nitrogens with one attached hydrogen (secondary N) is 1. The molecule has 0 radical (unpaired) electrons. The minimum Gasteiger partial charge on any atom is -0.472 e. The van der Waals surface area contributed by atoms with Gasteiger partial charge in [0.05, 0.1) is 18.4 Å². The Hall–Kier alpha value is -3.30. The summed E-state index contributed by atoms with van der Waals surface area (Å²) in [6.45, 7) is 7.42. The number of aromatic nitrogens is 4. The van der Waals surface area contributed by atoms with E-state index in [-0.39, 0.29) is 18.1 Å². The molecule has 0 aromatic carbocycles. The lowest BCUT2D eigenvalue weighted by Gasteiger charge is -2.25. The Morgan fingerprint density at radius 2 is 2.13 bits per heavy atom. The second-order valence-corrected chi connectivity index (χ2v) is 7.63. The van der Waals surface area contributed by atoms with Crippen molar-refractivity contribution in [2.75, 3.05) is 17.2 Å². The van der Waals surface area contributed by atoms with Gasteiger partial charge in [0.1, 0.15) is 17.8 Å². The normalized spacial score (nSPS) is 11.3. The van der Waals surface area contributed by atoms with Crippen LogP contribution >= 0.6 is 0 Å². The van der Waals surface area contributed by atoms with Gasteiger partial charge in [-0.1, -0.05) is 32.3 Å². The number of rotatable bonds is 10. The van der Waals surface area contributed by atoms with Crippen LogP contribution in [0.2, 0.25) is 0 Å². The van der Waals surface area contributed by atoms with Crippen molar-refractivity contribution >= 4 is 11.5 Å². The smallest absolute Gasteiger partial charge is 0.330 e. The lowest BCUT2D eigenvalue weighted by Crippen LogP contribution is -2.39. The second kappa shape index (κ2) is 9.47. The summed E-state index contributed by atoms with van der Waals surface area (Å²) in [7, 11) is 0. The Bertz CT molecular complexity index is 1060. The first-order chi connectivity index (χ1) is 14.4. The summed E-state index contributed by atoms with van der Waals surface area (Å²) < 4.78 is 11.8. The number of furan rings is 1. The zero-order valence-corrected chi connectivity index (χ0v) is 17.6. The molecule has 0 aliphatic carbocycles. The number of H-pyrrole nitrogens is 1. The third-order valence-corrected chi connectivity index (χ3v) is 4.81. The summed E-state index contributed by atoms with van der Waals surface area (Å²) in [5, 5.41) is 4.02. The number of nitrogen functional groups attached to an aromatic ring is 1. The molecule has 0 atom stereocenters. The zero-order valence-electron chi connectivity index (χ0n) is 17.6. The monoisotopic (exact) mass is 416 g/mol. The molecule has 10 nitrogen and oxygen atoms in total. The van der Waals surface area contributed by atoms with Crippen molar-refractivity contribution in [1.82, 2.24) is 19.7 Å². The Balaban J connectivity index is 1.96. The Morgan fingerprint density at radius 3 is 2.80 bits per heavy atom. The molecule has 3 rings (SSSR count). The third-order valence-electron chi connectivity index (χ3n) is 4.81. The molecule has 0 saturated heterocycles. The van der Waals surface area contributed by atoms with E-state index in [4.69, 9.17) is 14.7 Å². The first kappa shape index (κ1) is 21.4. The van der Waals surface area contributed by atoms with Gasteiger partial charge in [-0.15, -0.1) is 0 Å². The van der Waals surface area contributed by atoms with Gasteiger partial charge in [0, 0.05) is 13.1 Å². The highest BCUT2D eigenvalue weighted by Gasteiger charge is 2.21. The molecule has 0 amide bonds. The molecule has 0 saturated carbocycles. The van der Waals surface area contributed by atoms with E-state index in [1.807, 2.05) is 6.92 Å². The van der Waals surface area contributed by atoms with Gasteiger partial charge in [0.15, 0.2) is 5.82 Å². The maximum atomic E-state index is 12.7. The number of nitrogens with zero attached hydrogens (tertiary/aromatic N) is 4. The van der Waals surface area contributed by atoms with Gasteiger partial charge in [0.2, 0.25) is 0 Å². The van der Waals surface area contributed by atoms with Crippen LogP contribution in [0.3, 0.4) is 0 Å². The molecular weight excluding hydrogens is 388 g/mol. The van der Waals surface area contributed by atoms with Crippen LogP contribution < -0.4 is 21.9 Å². The summed E-state index contributed by atoms with van der Waals surface area (Å²) in [5.74, 6) is 1.29. The lowest BCUT2D eigenvalue weighted by atomic mass is 10.1. The second-order valence-electron chi connectivity index (χ2n) is 7.63. The molecule has 0 aliphatic rings. The predicted molar refractivity (Wildman–Crippen MR) is 113 cm³/mol. The maximum absolute atomic E-state index is 12.7. The van der Waals surface area contributed by atoms with Crippen LogP contribution in [-0.2, 0) is 13.1 Å². The molecule has 3 N–H and O–H groups in total. The minimum atomic E-state index is -0.521. The van der Waals surface area contributed by atoms with Crippen LogP contribution in [0.15, 0.2) is 37.1 Å². The van der Waals surface area contributed by atoms with E-state index in [0.29, 0.717) is 36.3 Å². The minimum absolute atomic E-state index is 0.152. The van der Waals surface area contributed by atoms with E-state index in [1.165, 1.54) is 17.1 Å². The quantitative estimate of drug-likeness (QED) is 0.515. The van der Waals surface area contributed by atoms with Gasteiger partial charge in [-0.05, 0) is 24.8 Å². The number of anilines is 2. The summed E-state index contributed by atoms with van der Waals surface area (Å²) in [4.78, 5) is 33.5. The van der Waals surface area contributed by atoms with Crippen molar-refractivity contribution in [1.29, 1.82) is 0 Å². The van der Waals surface area contributed by atoms with Crippen LogP contribution in [0.25, 0.3) is 11.5 Å². The van der Waals surface area contributed by atoms with Gasteiger partial charge in [-0.3, -0.25) is 14.3 Å². The maximum Gasteiger partial charge on any atom is 0.330 e. The average molecular weight is 416 g/mol. The van der Waals surface area contributed by atoms with E-state index in [0.717, 1.165) is 19.3 Å². The van der Waals surface area contributed by atoms with Crippen molar-refractivity contribution < 1.29 is 8.94 Å². The lowest BCUT2D eigenvalue weighted by molar-refractivity contribution is 0.420. The van der Waals surface area contributed by atoms with Crippen LogP contribution in [0.5, 0.6) is 0 Å². The highest BCUT2D eigenvalue weighted by Crippen LogP contribution is 2.22. The summed E-state index contributed by atoms with van der Waals surface area (Å²) in [5.41, 5.74) is 6.20. The van der Waals surface area contributed by atoms with Crippen LogP contribution in [-0.4, -0.2) is 26.2 Å². The van der Waals surface area contributed by atoms with Crippen LogP contribution in [0.4, 0.5) is 11.5 Å². The van der Waals surface area contributed by atoms with Gasteiger partial charge in [-0.25, -0.2) is 4.79 Å². The fraction of sp³-hybridized carbons (Fsp3) is 0.500. The van der Waals surface area contributed by atoms with E-state index in [9.17, 15) is 9.59 Å². The summed E-state index contributed by atoms with van der Waals surface area (Å²) >= 11 is 0. The summed E-state index contributed by atoms with van der Waals surface area (Å²) in [6.07, 6.45) is 5.53. The van der Waals surface area contributed by atoms with Gasteiger partial charge < -0.3 is 19.6 Å². The number of nitrogens with two attached hydrogens (primary N) is 1. The van der Waals surface area contributed by atoms with E-state index in [1.54, 1.807) is 11.0 Å². The Morgan fingerprint density at radius 1 is 1.33 bits per heavy atom.